The third-order valence-corrected chi connectivity index (χ3v) is 5.66. The first-order valence-electron chi connectivity index (χ1n) is 10.6. The maximum Gasteiger partial charge on any atom is 0.246 e. The fraction of sp³-hybridized carbons (Fsp3) is 0.591. The number of halogens is 1. The second kappa shape index (κ2) is 12.2. The maximum atomic E-state index is 5.52. The van der Waals surface area contributed by atoms with Crippen molar-refractivity contribution in [3.05, 3.63) is 47.6 Å². The van der Waals surface area contributed by atoms with E-state index in [9.17, 15) is 0 Å². The van der Waals surface area contributed by atoms with Crippen molar-refractivity contribution < 1.29 is 9.26 Å². The Morgan fingerprint density at radius 1 is 1.33 bits per heavy atom. The van der Waals surface area contributed by atoms with Gasteiger partial charge in [-0.05, 0) is 37.7 Å². The lowest BCUT2D eigenvalue weighted by molar-refractivity contribution is 0.0683. The minimum Gasteiger partial charge on any atom is -0.371 e. The van der Waals surface area contributed by atoms with Crippen LogP contribution >= 0.6 is 24.0 Å². The average Bonchev–Trinajstić information content (AvgIpc) is 3.24. The number of aliphatic imine (C=N–C) groups is 1. The van der Waals surface area contributed by atoms with Crippen molar-refractivity contribution in [3.63, 3.8) is 0 Å². The normalized spacial score (nSPS) is 20.5. The van der Waals surface area contributed by atoms with E-state index in [1.807, 2.05) is 20.9 Å². The Hall–Kier alpha value is -1.68. The van der Waals surface area contributed by atoms with Gasteiger partial charge in [-0.1, -0.05) is 48.8 Å². The van der Waals surface area contributed by atoms with E-state index >= 15 is 0 Å². The Kier molecular flexibility index (Phi) is 10.0. The van der Waals surface area contributed by atoms with Gasteiger partial charge in [0.05, 0.1) is 6.54 Å². The number of nitrogens with one attached hydrogen (secondary N) is 1. The molecule has 1 aromatic carbocycles. The molecular formula is C22H34IN5O2. The first-order valence-corrected chi connectivity index (χ1v) is 10.6. The van der Waals surface area contributed by atoms with E-state index in [0.29, 0.717) is 36.7 Å². The summed E-state index contributed by atoms with van der Waals surface area (Å²) in [6.07, 6.45) is 2.11. The summed E-state index contributed by atoms with van der Waals surface area (Å²) in [5, 5.41) is 7.39. The summed E-state index contributed by atoms with van der Waals surface area (Å²) in [4.78, 5) is 11.2. The highest BCUT2D eigenvalue weighted by atomic mass is 127. The number of piperidine rings is 1. The number of rotatable bonds is 7. The van der Waals surface area contributed by atoms with E-state index in [0.717, 1.165) is 31.9 Å². The van der Waals surface area contributed by atoms with E-state index in [1.165, 1.54) is 5.56 Å². The summed E-state index contributed by atoms with van der Waals surface area (Å²) in [6.45, 7) is 9.19. The number of aromatic nitrogens is 2. The number of ether oxygens (including phenoxy) is 1. The molecule has 0 radical (unpaired) electrons. The average molecular weight is 527 g/mol. The van der Waals surface area contributed by atoms with Crippen LogP contribution in [0.15, 0.2) is 39.8 Å². The summed E-state index contributed by atoms with van der Waals surface area (Å²) in [7, 11) is 1.82. The third kappa shape index (κ3) is 6.16. The Balaban J connectivity index is 0.00000320. The van der Waals surface area contributed by atoms with Gasteiger partial charge in [0.1, 0.15) is 6.10 Å². The summed E-state index contributed by atoms with van der Waals surface area (Å²) in [5.41, 5.74) is 1.45. The molecule has 2 aromatic rings. The molecule has 0 saturated carbocycles. The Bertz CT molecular complexity index is 783. The van der Waals surface area contributed by atoms with Crippen LogP contribution in [0.5, 0.6) is 0 Å². The summed E-state index contributed by atoms with van der Waals surface area (Å²) in [5.74, 6) is 3.21. The van der Waals surface area contributed by atoms with E-state index in [-0.39, 0.29) is 30.1 Å². The minimum absolute atomic E-state index is 0. The van der Waals surface area contributed by atoms with Crippen molar-refractivity contribution in [2.75, 3.05) is 26.7 Å². The smallest absolute Gasteiger partial charge is 0.246 e. The molecule has 1 fully saturated rings. The quantitative estimate of drug-likeness (QED) is 0.328. The second-order valence-corrected chi connectivity index (χ2v) is 7.46. The lowest BCUT2D eigenvalue weighted by atomic mass is 9.79. The van der Waals surface area contributed by atoms with Crippen LogP contribution in [0.4, 0.5) is 0 Å². The fourth-order valence-electron chi connectivity index (χ4n) is 4.09. The largest absolute Gasteiger partial charge is 0.371 e. The summed E-state index contributed by atoms with van der Waals surface area (Å²) in [6, 6.07) is 10.9. The van der Waals surface area contributed by atoms with Crippen molar-refractivity contribution in [1.82, 2.24) is 20.4 Å². The van der Waals surface area contributed by atoms with Gasteiger partial charge in [0.15, 0.2) is 11.8 Å². The van der Waals surface area contributed by atoms with Crippen LogP contribution in [0.3, 0.4) is 0 Å². The second-order valence-electron chi connectivity index (χ2n) is 7.46. The zero-order valence-corrected chi connectivity index (χ0v) is 20.7. The monoisotopic (exact) mass is 527 g/mol. The van der Waals surface area contributed by atoms with Crippen molar-refractivity contribution in [1.29, 1.82) is 0 Å². The standard InChI is InChI=1S/C22H33N5O2.HI/c1-5-17-15-27(13-12-19(17)18-10-8-7-9-11-18)22(23-4)24-14-20-25-21(26-29-20)16(3)28-6-2;/h7-11,16-17,19H,5-6,12-15H2,1-4H3,(H,23,24);1H. The molecule has 0 bridgehead atoms. The van der Waals surface area contributed by atoms with Gasteiger partial charge in [-0.15, -0.1) is 24.0 Å². The van der Waals surface area contributed by atoms with Crippen molar-refractivity contribution >= 4 is 29.9 Å². The van der Waals surface area contributed by atoms with Gasteiger partial charge in [-0.3, -0.25) is 4.99 Å². The molecular weight excluding hydrogens is 493 g/mol. The van der Waals surface area contributed by atoms with Crippen LogP contribution in [-0.4, -0.2) is 47.7 Å². The molecule has 2 heterocycles. The van der Waals surface area contributed by atoms with Crippen LogP contribution < -0.4 is 5.32 Å². The fourth-order valence-corrected chi connectivity index (χ4v) is 4.09. The van der Waals surface area contributed by atoms with E-state index in [4.69, 9.17) is 9.26 Å². The number of hydrogen-bond acceptors (Lipinski definition) is 5. The molecule has 8 heteroatoms. The molecule has 3 unspecified atom stereocenters. The molecule has 3 atom stereocenters. The Morgan fingerprint density at radius 2 is 2.10 bits per heavy atom. The summed E-state index contributed by atoms with van der Waals surface area (Å²) >= 11 is 0. The van der Waals surface area contributed by atoms with Gasteiger partial charge < -0.3 is 19.5 Å². The highest BCUT2D eigenvalue weighted by molar-refractivity contribution is 14.0. The molecule has 1 aliphatic rings. The molecule has 1 aromatic heterocycles. The van der Waals surface area contributed by atoms with Gasteiger partial charge in [0.2, 0.25) is 5.89 Å². The lowest BCUT2D eigenvalue weighted by Crippen LogP contribution is -2.48. The number of likely N-dealkylation sites (tertiary alicyclic amines) is 1. The topological polar surface area (TPSA) is 75.8 Å². The Morgan fingerprint density at radius 3 is 2.77 bits per heavy atom. The van der Waals surface area contributed by atoms with Crippen molar-refractivity contribution in [2.24, 2.45) is 10.9 Å². The molecule has 1 saturated heterocycles. The van der Waals surface area contributed by atoms with Crippen LogP contribution in [0.25, 0.3) is 0 Å². The third-order valence-electron chi connectivity index (χ3n) is 5.66. The number of nitrogens with zero attached hydrogens (tertiary/aromatic N) is 4. The van der Waals surface area contributed by atoms with Gasteiger partial charge in [0.25, 0.3) is 0 Å². The van der Waals surface area contributed by atoms with E-state index in [2.05, 4.69) is 62.6 Å². The molecule has 1 aliphatic heterocycles. The van der Waals surface area contributed by atoms with Gasteiger partial charge in [-0.2, -0.15) is 4.98 Å². The van der Waals surface area contributed by atoms with Gasteiger partial charge >= 0.3 is 0 Å². The lowest BCUT2D eigenvalue weighted by Gasteiger charge is -2.40. The molecule has 0 aliphatic carbocycles. The number of guanidine groups is 1. The number of benzene rings is 1. The van der Waals surface area contributed by atoms with Gasteiger partial charge in [-0.25, -0.2) is 0 Å². The molecule has 0 spiro atoms. The van der Waals surface area contributed by atoms with Crippen molar-refractivity contribution in [3.8, 4) is 0 Å². The molecule has 30 heavy (non-hydrogen) atoms. The van der Waals surface area contributed by atoms with Crippen LogP contribution in [0.1, 0.15) is 62.9 Å². The predicted molar refractivity (Wildman–Crippen MR) is 129 cm³/mol. The predicted octanol–water partition coefficient (Wildman–Crippen LogP) is 4.38. The van der Waals surface area contributed by atoms with Gasteiger partial charge in [0, 0.05) is 26.7 Å². The van der Waals surface area contributed by atoms with E-state index in [1.54, 1.807) is 0 Å². The zero-order chi connectivity index (χ0) is 20.6. The van der Waals surface area contributed by atoms with E-state index < -0.39 is 0 Å². The summed E-state index contributed by atoms with van der Waals surface area (Å²) < 4.78 is 10.9. The van der Waals surface area contributed by atoms with Crippen LogP contribution in [0, 0.1) is 5.92 Å². The van der Waals surface area contributed by atoms with Crippen LogP contribution in [-0.2, 0) is 11.3 Å². The van der Waals surface area contributed by atoms with Crippen molar-refractivity contribution in [2.45, 2.75) is 52.2 Å². The molecule has 7 nitrogen and oxygen atoms in total. The highest BCUT2D eigenvalue weighted by Gasteiger charge is 2.30. The Labute approximate surface area is 196 Å². The molecule has 166 valence electrons. The zero-order valence-electron chi connectivity index (χ0n) is 18.4. The molecule has 1 N–H and O–H groups in total. The maximum absolute atomic E-state index is 5.52. The molecule has 0 amide bonds. The first kappa shape index (κ1) is 24.6. The van der Waals surface area contributed by atoms with Crippen LogP contribution in [0.2, 0.25) is 0 Å². The first-order chi connectivity index (χ1) is 14.2. The number of hydrogen-bond donors (Lipinski definition) is 1. The minimum atomic E-state index is -0.167. The highest BCUT2D eigenvalue weighted by Crippen LogP contribution is 2.34. The SMILES string of the molecule is CCOC(C)c1noc(CNC(=NC)N2CCC(c3ccccc3)C(CC)C2)n1.I. The molecule has 3 rings (SSSR count).